The minimum absolute atomic E-state index is 0.200. The summed E-state index contributed by atoms with van der Waals surface area (Å²) < 4.78 is 10.8. The SMILES string of the molecule is N#Cc1ccc(NC(=O)COC(=O)c2ccccc2Oc2ccccc2)cc1Cl. The number of carbonyl (C=O) groups excluding carboxylic acids is 2. The number of anilines is 1. The predicted octanol–water partition coefficient (Wildman–Crippen LogP) is 4.80. The lowest BCUT2D eigenvalue weighted by atomic mass is 10.2. The van der Waals surface area contributed by atoms with Gasteiger partial charge in [0.2, 0.25) is 0 Å². The van der Waals surface area contributed by atoms with Gasteiger partial charge in [0.1, 0.15) is 23.1 Å². The maximum Gasteiger partial charge on any atom is 0.342 e. The highest BCUT2D eigenvalue weighted by Gasteiger charge is 2.16. The second-order valence-corrected chi connectivity index (χ2v) is 6.25. The molecule has 0 saturated heterocycles. The highest BCUT2D eigenvalue weighted by atomic mass is 35.5. The number of para-hydroxylation sites is 2. The Morgan fingerprint density at radius 2 is 1.72 bits per heavy atom. The van der Waals surface area contributed by atoms with Crippen LogP contribution in [-0.4, -0.2) is 18.5 Å². The first-order valence-electron chi connectivity index (χ1n) is 8.55. The summed E-state index contributed by atoms with van der Waals surface area (Å²) in [4.78, 5) is 24.5. The van der Waals surface area contributed by atoms with Crippen molar-refractivity contribution in [3.05, 3.63) is 88.9 Å². The van der Waals surface area contributed by atoms with Crippen LogP contribution in [0.2, 0.25) is 5.02 Å². The lowest BCUT2D eigenvalue weighted by Crippen LogP contribution is -2.21. The minimum atomic E-state index is -0.690. The molecule has 29 heavy (non-hydrogen) atoms. The van der Waals surface area contributed by atoms with Gasteiger partial charge in [-0.2, -0.15) is 5.26 Å². The topological polar surface area (TPSA) is 88.4 Å². The van der Waals surface area contributed by atoms with Gasteiger partial charge in [-0.15, -0.1) is 0 Å². The number of ether oxygens (including phenoxy) is 2. The van der Waals surface area contributed by atoms with E-state index in [2.05, 4.69) is 5.32 Å². The van der Waals surface area contributed by atoms with Crippen LogP contribution >= 0.6 is 11.6 Å². The number of nitriles is 1. The summed E-state index contributed by atoms with van der Waals surface area (Å²) in [6, 6.07) is 22.0. The van der Waals surface area contributed by atoms with Crippen LogP contribution in [0.1, 0.15) is 15.9 Å². The largest absolute Gasteiger partial charge is 0.456 e. The van der Waals surface area contributed by atoms with Gasteiger partial charge in [0, 0.05) is 5.69 Å². The van der Waals surface area contributed by atoms with Gasteiger partial charge >= 0.3 is 5.97 Å². The van der Waals surface area contributed by atoms with Gasteiger partial charge in [0.15, 0.2) is 6.61 Å². The molecule has 0 aliphatic rings. The molecule has 0 aromatic heterocycles. The summed E-state index contributed by atoms with van der Waals surface area (Å²) in [5.74, 6) is -0.337. The number of benzene rings is 3. The van der Waals surface area contributed by atoms with Crippen molar-refractivity contribution in [2.75, 3.05) is 11.9 Å². The number of esters is 1. The maximum atomic E-state index is 12.4. The van der Waals surface area contributed by atoms with E-state index in [1.807, 2.05) is 24.3 Å². The van der Waals surface area contributed by atoms with Crippen molar-refractivity contribution >= 4 is 29.2 Å². The monoisotopic (exact) mass is 406 g/mol. The number of carbonyl (C=O) groups is 2. The molecular formula is C22H15ClN2O4. The molecular weight excluding hydrogens is 392 g/mol. The third-order valence-electron chi connectivity index (χ3n) is 3.79. The van der Waals surface area contributed by atoms with Crippen molar-refractivity contribution in [1.82, 2.24) is 0 Å². The lowest BCUT2D eigenvalue weighted by molar-refractivity contribution is -0.119. The first-order chi connectivity index (χ1) is 14.1. The lowest BCUT2D eigenvalue weighted by Gasteiger charge is -2.11. The molecule has 144 valence electrons. The number of hydrogen-bond donors (Lipinski definition) is 1. The molecule has 3 aromatic carbocycles. The Morgan fingerprint density at radius 3 is 2.45 bits per heavy atom. The Hall–Kier alpha value is -3.82. The Labute approximate surface area is 172 Å². The summed E-state index contributed by atoms with van der Waals surface area (Å²) in [6.07, 6.45) is 0. The van der Waals surface area contributed by atoms with Crippen molar-refractivity contribution in [2.45, 2.75) is 0 Å². The fraction of sp³-hybridized carbons (Fsp3) is 0.0455. The smallest absolute Gasteiger partial charge is 0.342 e. The van der Waals surface area contributed by atoms with Gasteiger partial charge in [0.05, 0.1) is 10.6 Å². The van der Waals surface area contributed by atoms with E-state index in [4.69, 9.17) is 26.3 Å². The van der Waals surface area contributed by atoms with Gasteiger partial charge in [-0.3, -0.25) is 4.79 Å². The zero-order chi connectivity index (χ0) is 20.6. The normalized spacial score (nSPS) is 9.93. The van der Waals surface area contributed by atoms with Crippen LogP contribution in [0.3, 0.4) is 0 Å². The Bertz CT molecular complexity index is 1080. The number of nitrogens with zero attached hydrogens (tertiary/aromatic N) is 1. The van der Waals surface area contributed by atoms with E-state index in [9.17, 15) is 9.59 Å². The summed E-state index contributed by atoms with van der Waals surface area (Å²) in [5, 5.41) is 11.6. The molecule has 0 aliphatic heterocycles. The summed E-state index contributed by atoms with van der Waals surface area (Å²) in [5.41, 5.74) is 0.888. The third-order valence-corrected chi connectivity index (χ3v) is 4.10. The van der Waals surface area contributed by atoms with Crippen LogP contribution in [0.5, 0.6) is 11.5 Å². The van der Waals surface area contributed by atoms with E-state index in [0.717, 1.165) is 0 Å². The van der Waals surface area contributed by atoms with Gasteiger partial charge in [0.25, 0.3) is 5.91 Å². The molecule has 0 spiro atoms. The van der Waals surface area contributed by atoms with Gasteiger partial charge in [-0.25, -0.2) is 4.79 Å². The summed E-state index contributed by atoms with van der Waals surface area (Å²) in [7, 11) is 0. The minimum Gasteiger partial charge on any atom is -0.456 e. The number of nitrogens with one attached hydrogen (secondary N) is 1. The van der Waals surface area contributed by atoms with Crippen LogP contribution in [-0.2, 0) is 9.53 Å². The fourth-order valence-corrected chi connectivity index (χ4v) is 2.65. The van der Waals surface area contributed by atoms with E-state index < -0.39 is 18.5 Å². The van der Waals surface area contributed by atoms with Crippen LogP contribution in [0, 0.1) is 11.3 Å². The third kappa shape index (κ3) is 5.34. The quantitative estimate of drug-likeness (QED) is 0.594. The van der Waals surface area contributed by atoms with Gasteiger partial charge in [-0.05, 0) is 42.5 Å². The molecule has 7 heteroatoms. The molecule has 0 radical (unpaired) electrons. The van der Waals surface area contributed by atoms with Gasteiger partial charge in [-0.1, -0.05) is 41.9 Å². The molecule has 0 heterocycles. The number of hydrogen-bond acceptors (Lipinski definition) is 5. The van der Waals surface area contributed by atoms with Crippen LogP contribution in [0.4, 0.5) is 5.69 Å². The average molecular weight is 407 g/mol. The molecule has 0 unspecified atom stereocenters. The predicted molar refractivity (Wildman–Crippen MR) is 108 cm³/mol. The average Bonchev–Trinajstić information content (AvgIpc) is 2.73. The molecule has 3 rings (SSSR count). The fourth-order valence-electron chi connectivity index (χ4n) is 2.43. The Kier molecular flexibility index (Phi) is 6.46. The van der Waals surface area contributed by atoms with E-state index in [1.54, 1.807) is 36.4 Å². The highest BCUT2D eigenvalue weighted by Crippen LogP contribution is 2.25. The molecule has 1 amide bonds. The van der Waals surface area contributed by atoms with E-state index in [-0.39, 0.29) is 10.6 Å². The van der Waals surface area contributed by atoms with Crippen molar-refractivity contribution in [3.63, 3.8) is 0 Å². The Morgan fingerprint density at radius 1 is 1.00 bits per heavy atom. The standard InChI is InChI=1S/C22H15ClN2O4/c23-19-12-16(11-10-15(19)13-24)25-21(26)14-28-22(27)18-8-4-5-9-20(18)29-17-6-2-1-3-7-17/h1-12H,14H2,(H,25,26). The number of amides is 1. The second kappa shape index (κ2) is 9.40. The molecule has 0 saturated carbocycles. The second-order valence-electron chi connectivity index (χ2n) is 5.84. The maximum absolute atomic E-state index is 12.4. The molecule has 0 aliphatic carbocycles. The number of rotatable bonds is 6. The zero-order valence-corrected chi connectivity index (χ0v) is 15.8. The number of halogens is 1. The Balaban J connectivity index is 1.61. The van der Waals surface area contributed by atoms with E-state index >= 15 is 0 Å². The van der Waals surface area contributed by atoms with Crippen LogP contribution in [0.15, 0.2) is 72.8 Å². The van der Waals surface area contributed by atoms with E-state index in [0.29, 0.717) is 22.7 Å². The highest BCUT2D eigenvalue weighted by molar-refractivity contribution is 6.32. The molecule has 3 aromatic rings. The van der Waals surface area contributed by atoms with Crippen LogP contribution in [0.25, 0.3) is 0 Å². The van der Waals surface area contributed by atoms with Crippen molar-refractivity contribution in [1.29, 1.82) is 5.26 Å². The van der Waals surface area contributed by atoms with Crippen LogP contribution < -0.4 is 10.1 Å². The van der Waals surface area contributed by atoms with Gasteiger partial charge < -0.3 is 14.8 Å². The zero-order valence-electron chi connectivity index (χ0n) is 15.1. The van der Waals surface area contributed by atoms with E-state index in [1.165, 1.54) is 18.2 Å². The van der Waals surface area contributed by atoms with Crippen molar-refractivity contribution < 1.29 is 19.1 Å². The first-order valence-corrected chi connectivity index (χ1v) is 8.93. The first kappa shape index (κ1) is 19.9. The molecule has 1 N–H and O–H groups in total. The summed E-state index contributed by atoms with van der Waals surface area (Å²) >= 11 is 5.93. The van der Waals surface area contributed by atoms with Crippen molar-refractivity contribution in [3.8, 4) is 17.6 Å². The molecule has 0 bridgehead atoms. The summed E-state index contributed by atoms with van der Waals surface area (Å²) in [6.45, 7) is -0.490. The van der Waals surface area contributed by atoms with Crippen molar-refractivity contribution in [2.24, 2.45) is 0 Å². The molecule has 0 atom stereocenters. The molecule has 0 fully saturated rings. The molecule has 6 nitrogen and oxygen atoms in total.